The third kappa shape index (κ3) is 3.00. The van der Waals surface area contributed by atoms with Crippen molar-refractivity contribution < 1.29 is 5.11 Å². The van der Waals surface area contributed by atoms with Crippen LogP contribution in [-0.4, -0.2) is 16.2 Å². The zero-order valence-corrected chi connectivity index (χ0v) is 14.4. The lowest BCUT2D eigenvalue weighted by atomic mass is 10.1. The van der Waals surface area contributed by atoms with Gasteiger partial charge in [0.1, 0.15) is 5.01 Å². The number of hydrogen-bond donors (Lipinski definition) is 2. The van der Waals surface area contributed by atoms with E-state index in [0.29, 0.717) is 6.54 Å². The standard InChI is InChI=1S/C20H20N2OS/c1-13-6-8-14(9-7-13)20-22-16(12-24-20)11-21-19-17-5-3-2-4-15(17)10-18(19)23/h2-9,12,18-19,21,23H,10-11H2,1H3/t18-,19-/m0/s1. The highest BCUT2D eigenvalue weighted by Gasteiger charge is 2.30. The molecule has 4 rings (SSSR count). The number of nitrogens with zero attached hydrogens (tertiary/aromatic N) is 1. The number of thiazole rings is 1. The number of aliphatic hydroxyl groups is 1. The predicted molar refractivity (Wildman–Crippen MR) is 98.0 cm³/mol. The summed E-state index contributed by atoms with van der Waals surface area (Å²) in [6.45, 7) is 2.75. The first kappa shape index (κ1) is 15.5. The van der Waals surface area contributed by atoms with E-state index in [2.05, 4.69) is 54.0 Å². The monoisotopic (exact) mass is 336 g/mol. The first-order valence-corrected chi connectivity index (χ1v) is 9.09. The Labute approximate surface area is 146 Å². The fourth-order valence-electron chi connectivity index (χ4n) is 3.25. The molecule has 1 aromatic heterocycles. The lowest BCUT2D eigenvalue weighted by molar-refractivity contribution is 0.140. The van der Waals surface area contributed by atoms with Crippen LogP contribution in [-0.2, 0) is 13.0 Å². The first-order valence-electron chi connectivity index (χ1n) is 8.21. The second-order valence-electron chi connectivity index (χ2n) is 6.34. The largest absolute Gasteiger partial charge is 0.391 e. The molecule has 0 radical (unpaired) electrons. The van der Waals surface area contributed by atoms with E-state index in [-0.39, 0.29) is 12.1 Å². The van der Waals surface area contributed by atoms with Gasteiger partial charge in [-0.1, -0.05) is 54.1 Å². The van der Waals surface area contributed by atoms with E-state index in [1.165, 1.54) is 16.7 Å². The maximum atomic E-state index is 10.3. The van der Waals surface area contributed by atoms with E-state index in [1.807, 2.05) is 12.1 Å². The van der Waals surface area contributed by atoms with Crippen molar-refractivity contribution in [3.05, 3.63) is 76.3 Å². The zero-order chi connectivity index (χ0) is 16.5. The molecule has 0 aliphatic heterocycles. The topological polar surface area (TPSA) is 45.2 Å². The summed E-state index contributed by atoms with van der Waals surface area (Å²) in [6.07, 6.45) is 0.358. The molecule has 2 atom stereocenters. The molecule has 0 saturated carbocycles. The molecule has 0 fully saturated rings. The van der Waals surface area contributed by atoms with Crippen molar-refractivity contribution in [1.29, 1.82) is 0 Å². The molecule has 122 valence electrons. The van der Waals surface area contributed by atoms with E-state index >= 15 is 0 Å². The summed E-state index contributed by atoms with van der Waals surface area (Å²) in [7, 11) is 0. The normalized spacial score (nSPS) is 19.4. The van der Waals surface area contributed by atoms with Crippen LogP contribution in [0.4, 0.5) is 0 Å². The molecule has 1 heterocycles. The van der Waals surface area contributed by atoms with Gasteiger partial charge in [0.15, 0.2) is 0 Å². The summed E-state index contributed by atoms with van der Waals surface area (Å²) in [5.41, 5.74) is 5.88. The van der Waals surface area contributed by atoms with Crippen LogP contribution in [0.15, 0.2) is 53.9 Å². The third-order valence-corrected chi connectivity index (χ3v) is 5.50. The quantitative estimate of drug-likeness (QED) is 0.760. The molecule has 3 aromatic rings. The Morgan fingerprint density at radius 1 is 1.17 bits per heavy atom. The van der Waals surface area contributed by atoms with Crippen molar-refractivity contribution in [2.45, 2.75) is 32.0 Å². The summed E-state index contributed by atoms with van der Waals surface area (Å²) < 4.78 is 0. The Morgan fingerprint density at radius 2 is 1.96 bits per heavy atom. The van der Waals surface area contributed by atoms with Crippen LogP contribution in [0.3, 0.4) is 0 Å². The number of aryl methyl sites for hydroxylation is 1. The molecular weight excluding hydrogens is 316 g/mol. The molecule has 1 aliphatic rings. The van der Waals surface area contributed by atoms with E-state index in [1.54, 1.807) is 11.3 Å². The Kier molecular flexibility index (Phi) is 4.19. The molecule has 0 amide bonds. The highest BCUT2D eigenvalue weighted by atomic mass is 32.1. The highest BCUT2D eigenvalue weighted by Crippen LogP contribution is 2.31. The fourth-order valence-corrected chi connectivity index (χ4v) is 4.08. The number of aliphatic hydroxyl groups excluding tert-OH is 1. The van der Waals surface area contributed by atoms with Crippen molar-refractivity contribution in [2.75, 3.05) is 0 Å². The molecule has 0 spiro atoms. The minimum atomic E-state index is -0.363. The second kappa shape index (κ2) is 6.48. The van der Waals surface area contributed by atoms with Gasteiger partial charge in [-0.05, 0) is 18.1 Å². The fraction of sp³-hybridized carbons (Fsp3) is 0.250. The minimum Gasteiger partial charge on any atom is -0.391 e. The number of fused-ring (bicyclic) bond motifs is 1. The second-order valence-corrected chi connectivity index (χ2v) is 7.20. The Balaban J connectivity index is 1.46. The van der Waals surface area contributed by atoms with Crippen molar-refractivity contribution >= 4 is 11.3 Å². The number of aromatic nitrogens is 1. The molecule has 3 nitrogen and oxygen atoms in total. The van der Waals surface area contributed by atoms with Crippen LogP contribution < -0.4 is 5.32 Å². The maximum absolute atomic E-state index is 10.3. The molecule has 0 saturated heterocycles. The van der Waals surface area contributed by atoms with Crippen LogP contribution in [0, 0.1) is 6.92 Å². The summed E-state index contributed by atoms with van der Waals surface area (Å²) in [6, 6.07) is 16.7. The van der Waals surface area contributed by atoms with Gasteiger partial charge in [0.25, 0.3) is 0 Å². The van der Waals surface area contributed by atoms with Crippen molar-refractivity contribution in [2.24, 2.45) is 0 Å². The van der Waals surface area contributed by atoms with Gasteiger partial charge in [-0.3, -0.25) is 0 Å². The van der Waals surface area contributed by atoms with Gasteiger partial charge >= 0.3 is 0 Å². The van der Waals surface area contributed by atoms with Gasteiger partial charge in [0.2, 0.25) is 0 Å². The van der Waals surface area contributed by atoms with E-state index in [4.69, 9.17) is 4.98 Å². The lowest BCUT2D eigenvalue weighted by Crippen LogP contribution is -2.28. The Bertz CT molecular complexity index is 841. The molecule has 0 bridgehead atoms. The number of benzene rings is 2. The molecular formula is C20H20N2OS. The number of rotatable bonds is 4. The number of nitrogens with one attached hydrogen (secondary N) is 1. The molecule has 1 aliphatic carbocycles. The molecule has 0 unspecified atom stereocenters. The van der Waals surface area contributed by atoms with Crippen LogP contribution in [0.2, 0.25) is 0 Å². The van der Waals surface area contributed by atoms with Crippen LogP contribution in [0.5, 0.6) is 0 Å². The zero-order valence-electron chi connectivity index (χ0n) is 13.6. The molecule has 2 N–H and O–H groups in total. The summed E-state index contributed by atoms with van der Waals surface area (Å²) in [5.74, 6) is 0. The van der Waals surface area contributed by atoms with Gasteiger partial charge in [0, 0.05) is 23.9 Å². The first-order chi connectivity index (χ1) is 11.7. The highest BCUT2D eigenvalue weighted by molar-refractivity contribution is 7.13. The van der Waals surface area contributed by atoms with Gasteiger partial charge in [-0.2, -0.15) is 0 Å². The van der Waals surface area contributed by atoms with Gasteiger partial charge in [-0.25, -0.2) is 4.98 Å². The minimum absolute atomic E-state index is 0.00859. The van der Waals surface area contributed by atoms with Crippen molar-refractivity contribution in [3.63, 3.8) is 0 Å². The Hall–Kier alpha value is -2.01. The molecule has 24 heavy (non-hydrogen) atoms. The predicted octanol–water partition coefficient (Wildman–Crippen LogP) is 3.87. The average molecular weight is 336 g/mol. The van der Waals surface area contributed by atoms with Crippen molar-refractivity contribution in [3.8, 4) is 10.6 Å². The van der Waals surface area contributed by atoms with Crippen molar-refractivity contribution in [1.82, 2.24) is 10.3 Å². The number of hydrogen-bond acceptors (Lipinski definition) is 4. The summed E-state index contributed by atoms with van der Waals surface area (Å²) in [5, 5.41) is 16.9. The molecule has 4 heteroatoms. The van der Waals surface area contributed by atoms with E-state index in [0.717, 1.165) is 22.7 Å². The average Bonchev–Trinajstić information content (AvgIpc) is 3.17. The van der Waals surface area contributed by atoms with Crippen LogP contribution in [0.1, 0.15) is 28.4 Å². The third-order valence-electron chi connectivity index (χ3n) is 4.56. The summed E-state index contributed by atoms with van der Waals surface area (Å²) in [4.78, 5) is 4.73. The van der Waals surface area contributed by atoms with Crippen LogP contribution in [0.25, 0.3) is 10.6 Å². The SMILES string of the molecule is Cc1ccc(-c2nc(CN[C@H]3c4ccccc4C[C@@H]3O)cs2)cc1. The van der Waals surface area contributed by atoms with Gasteiger partial charge in [-0.15, -0.1) is 11.3 Å². The smallest absolute Gasteiger partial charge is 0.123 e. The van der Waals surface area contributed by atoms with E-state index < -0.39 is 0 Å². The Morgan fingerprint density at radius 3 is 2.79 bits per heavy atom. The maximum Gasteiger partial charge on any atom is 0.123 e. The van der Waals surface area contributed by atoms with Crippen LogP contribution >= 0.6 is 11.3 Å². The summed E-state index contributed by atoms with van der Waals surface area (Å²) >= 11 is 1.66. The lowest BCUT2D eigenvalue weighted by Gasteiger charge is -2.17. The van der Waals surface area contributed by atoms with Gasteiger partial charge in [0.05, 0.1) is 17.8 Å². The van der Waals surface area contributed by atoms with E-state index in [9.17, 15) is 5.11 Å². The van der Waals surface area contributed by atoms with Gasteiger partial charge < -0.3 is 10.4 Å². The molecule has 2 aromatic carbocycles.